The van der Waals surface area contributed by atoms with Crippen molar-refractivity contribution in [1.29, 1.82) is 0 Å². The van der Waals surface area contributed by atoms with Crippen LogP contribution in [-0.4, -0.2) is 46.6 Å². The van der Waals surface area contributed by atoms with Crippen LogP contribution in [0.1, 0.15) is 17.7 Å². The van der Waals surface area contributed by atoms with Gasteiger partial charge in [0.25, 0.3) is 0 Å². The lowest BCUT2D eigenvalue weighted by molar-refractivity contribution is 0.0896. The molecule has 25 heavy (non-hydrogen) atoms. The van der Waals surface area contributed by atoms with Gasteiger partial charge in [0.15, 0.2) is 0 Å². The Morgan fingerprint density at radius 1 is 0.960 bits per heavy atom. The molecule has 1 N–H and O–H groups in total. The molecule has 1 aliphatic heterocycles. The summed E-state index contributed by atoms with van der Waals surface area (Å²) in [4.78, 5) is 9.03. The summed E-state index contributed by atoms with van der Waals surface area (Å²) in [6.45, 7) is 6.11. The summed E-state index contributed by atoms with van der Waals surface area (Å²) < 4.78 is 17.1. The van der Waals surface area contributed by atoms with Crippen LogP contribution in [0.4, 0.5) is 0 Å². The highest BCUT2D eigenvalue weighted by Gasteiger charge is 2.17. The standard InChI is InChI=1S/C18H20N4O3/c1-11-12(2)19-18-20-16(11)17-14-10-13(4-5-15(14)21-22-17)24-9-8-23-6-3-7-25-18/h4-5,10H,3,6-9H2,1-2H3,(H,21,22). The molecule has 2 aromatic heterocycles. The van der Waals surface area contributed by atoms with Gasteiger partial charge in [-0.3, -0.25) is 5.10 Å². The zero-order chi connectivity index (χ0) is 17.2. The van der Waals surface area contributed by atoms with Crippen LogP contribution in [-0.2, 0) is 4.74 Å². The maximum atomic E-state index is 5.79. The van der Waals surface area contributed by atoms with Crippen molar-refractivity contribution >= 4 is 10.9 Å². The summed E-state index contributed by atoms with van der Waals surface area (Å²) in [7, 11) is 0. The second-order valence-corrected chi connectivity index (χ2v) is 6.01. The van der Waals surface area contributed by atoms with Gasteiger partial charge in [-0.05, 0) is 37.6 Å². The number of H-pyrrole nitrogens is 1. The van der Waals surface area contributed by atoms with Crippen molar-refractivity contribution in [3.8, 4) is 23.1 Å². The van der Waals surface area contributed by atoms with Crippen LogP contribution in [0, 0.1) is 13.8 Å². The van der Waals surface area contributed by atoms with Gasteiger partial charge in [0.05, 0.1) is 18.7 Å². The molecule has 0 unspecified atom stereocenters. The van der Waals surface area contributed by atoms with Gasteiger partial charge in [0, 0.05) is 24.1 Å². The van der Waals surface area contributed by atoms with Gasteiger partial charge in [0.1, 0.15) is 23.7 Å². The van der Waals surface area contributed by atoms with E-state index in [0.717, 1.165) is 45.7 Å². The van der Waals surface area contributed by atoms with E-state index in [9.17, 15) is 0 Å². The number of fused-ring (bicyclic) bond motifs is 4. The minimum absolute atomic E-state index is 0.372. The average molecular weight is 340 g/mol. The normalized spacial score (nSPS) is 15.3. The predicted molar refractivity (Wildman–Crippen MR) is 93.0 cm³/mol. The highest BCUT2D eigenvalue weighted by molar-refractivity contribution is 5.93. The number of aromatic nitrogens is 4. The fraction of sp³-hybridized carbons (Fsp3) is 0.389. The third-order valence-corrected chi connectivity index (χ3v) is 4.29. The van der Waals surface area contributed by atoms with Crippen molar-refractivity contribution in [3.05, 3.63) is 29.5 Å². The van der Waals surface area contributed by atoms with Gasteiger partial charge in [-0.2, -0.15) is 10.1 Å². The molecular formula is C18H20N4O3. The van der Waals surface area contributed by atoms with E-state index in [4.69, 9.17) is 14.2 Å². The van der Waals surface area contributed by atoms with Crippen molar-refractivity contribution in [1.82, 2.24) is 20.2 Å². The van der Waals surface area contributed by atoms with Crippen LogP contribution < -0.4 is 9.47 Å². The summed E-state index contributed by atoms with van der Waals surface area (Å²) in [5.74, 6) is 0.786. The van der Waals surface area contributed by atoms with E-state index in [0.29, 0.717) is 32.4 Å². The second-order valence-electron chi connectivity index (χ2n) is 6.01. The van der Waals surface area contributed by atoms with Crippen LogP contribution >= 0.6 is 0 Å². The van der Waals surface area contributed by atoms with Gasteiger partial charge in [0.2, 0.25) is 0 Å². The molecule has 0 saturated carbocycles. The summed E-state index contributed by atoms with van der Waals surface area (Å²) in [6.07, 6.45) is 0.770. The molecule has 0 aliphatic carbocycles. The molecule has 0 spiro atoms. The van der Waals surface area contributed by atoms with Gasteiger partial charge >= 0.3 is 6.01 Å². The fourth-order valence-electron chi connectivity index (χ4n) is 2.81. The quantitative estimate of drug-likeness (QED) is 0.678. The molecule has 1 aliphatic rings. The van der Waals surface area contributed by atoms with Crippen LogP contribution in [0.15, 0.2) is 18.2 Å². The minimum Gasteiger partial charge on any atom is -0.491 e. The summed E-state index contributed by atoms with van der Waals surface area (Å²) in [6, 6.07) is 6.23. The van der Waals surface area contributed by atoms with E-state index < -0.39 is 0 Å². The van der Waals surface area contributed by atoms with Crippen molar-refractivity contribution in [2.24, 2.45) is 0 Å². The van der Waals surface area contributed by atoms with Gasteiger partial charge in [-0.15, -0.1) is 0 Å². The maximum absolute atomic E-state index is 5.79. The maximum Gasteiger partial charge on any atom is 0.317 e. The van der Waals surface area contributed by atoms with Crippen molar-refractivity contribution in [2.45, 2.75) is 20.3 Å². The number of nitrogens with one attached hydrogen (secondary N) is 1. The number of aryl methyl sites for hydroxylation is 1. The number of hydrogen-bond donors (Lipinski definition) is 1. The lowest BCUT2D eigenvalue weighted by Gasteiger charge is -2.10. The fourth-order valence-corrected chi connectivity index (χ4v) is 2.81. The zero-order valence-electron chi connectivity index (χ0n) is 14.3. The monoisotopic (exact) mass is 340 g/mol. The topological polar surface area (TPSA) is 82.2 Å². The van der Waals surface area contributed by atoms with E-state index in [1.807, 2.05) is 32.0 Å². The number of nitrogens with zero attached hydrogens (tertiary/aromatic N) is 3. The van der Waals surface area contributed by atoms with Crippen molar-refractivity contribution < 1.29 is 14.2 Å². The molecule has 0 fully saturated rings. The number of rotatable bonds is 0. The average Bonchev–Trinajstić information content (AvgIpc) is 3.02. The Morgan fingerprint density at radius 3 is 2.80 bits per heavy atom. The first-order chi connectivity index (χ1) is 12.2. The van der Waals surface area contributed by atoms with Crippen LogP contribution in [0.3, 0.4) is 0 Å². The summed E-state index contributed by atoms with van der Waals surface area (Å²) >= 11 is 0. The summed E-state index contributed by atoms with van der Waals surface area (Å²) in [5.41, 5.74) is 4.35. The van der Waals surface area contributed by atoms with Crippen LogP contribution in [0.25, 0.3) is 22.3 Å². The van der Waals surface area contributed by atoms with Gasteiger partial charge in [-0.1, -0.05) is 0 Å². The van der Waals surface area contributed by atoms with Gasteiger partial charge in [-0.25, -0.2) is 4.98 Å². The summed E-state index contributed by atoms with van der Waals surface area (Å²) in [5, 5.41) is 8.49. The van der Waals surface area contributed by atoms with E-state index in [-0.39, 0.29) is 0 Å². The van der Waals surface area contributed by atoms with E-state index >= 15 is 0 Å². The van der Waals surface area contributed by atoms with Gasteiger partial charge < -0.3 is 14.2 Å². The van der Waals surface area contributed by atoms with E-state index in [1.165, 1.54) is 0 Å². The third kappa shape index (κ3) is 3.15. The molecule has 1 aromatic carbocycles. The SMILES string of the molecule is Cc1nc2nc(c1C)-c1n[nH]c3ccc(cc13)OCCOCCCO2. The Hall–Kier alpha value is -2.67. The lowest BCUT2D eigenvalue weighted by Crippen LogP contribution is -2.10. The van der Waals surface area contributed by atoms with Crippen molar-refractivity contribution in [2.75, 3.05) is 26.4 Å². The molecule has 7 heteroatoms. The highest BCUT2D eigenvalue weighted by Crippen LogP contribution is 2.31. The Morgan fingerprint density at radius 2 is 1.88 bits per heavy atom. The minimum atomic E-state index is 0.372. The largest absolute Gasteiger partial charge is 0.491 e. The number of ether oxygens (including phenoxy) is 3. The first kappa shape index (κ1) is 15.8. The Balaban J connectivity index is 1.86. The second kappa shape index (κ2) is 6.68. The van der Waals surface area contributed by atoms with Crippen LogP contribution in [0.5, 0.6) is 11.8 Å². The lowest BCUT2D eigenvalue weighted by atomic mass is 10.1. The van der Waals surface area contributed by atoms with E-state index in [2.05, 4.69) is 20.2 Å². The predicted octanol–water partition coefficient (Wildman–Crippen LogP) is 2.81. The molecular weight excluding hydrogens is 320 g/mol. The molecule has 4 rings (SSSR count). The highest BCUT2D eigenvalue weighted by atomic mass is 16.5. The first-order valence-electron chi connectivity index (χ1n) is 8.39. The molecule has 0 radical (unpaired) electrons. The third-order valence-electron chi connectivity index (χ3n) is 4.29. The Kier molecular flexibility index (Phi) is 4.23. The van der Waals surface area contributed by atoms with Crippen LogP contribution in [0.2, 0.25) is 0 Å². The van der Waals surface area contributed by atoms with Crippen molar-refractivity contribution in [3.63, 3.8) is 0 Å². The Bertz CT molecular complexity index is 907. The first-order valence-corrected chi connectivity index (χ1v) is 8.39. The molecule has 130 valence electrons. The molecule has 4 bridgehead atoms. The molecule has 0 saturated heterocycles. The number of benzene rings is 1. The number of hydrogen-bond acceptors (Lipinski definition) is 6. The number of aromatic amines is 1. The molecule has 3 heterocycles. The smallest absolute Gasteiger partial charge is 0.317 e. The molecule has 3 aromatic rings. The zero-order valence-corrected chi connectivity index (χ0v) is 14.3. The van der Waals surface area contributed by atoms with E-state index in [1.54, 1.807) is 0 Å². The Labute approximate surface area is 145 Å². The molecule has 0 atom stereocenters. The molecule has 7 nitrogen and oxygen atoms in total. The molecule has 0 amide bonds.